The van der Waals surface area contributed by atoms with Crippen molar-refractivity contribution in [2.75, 3.05) is 19.8 Å². The highest BCUT2D eigenvalue weighted by molar-refractivity contribution is 6.74. The normalized spacial score (nSPS) is 12.9. The average molecular weight is 574 g/mol. The predicted octanol–water partition coefficient (Wildman–Crippen LogP) is 10.7. The molecular weight excluding hydrogens is 510 g/mol. The fourth-order valence-electron chi connectivity index (χ4n) is 4.52. The lowest BCUT2D eigenvalue weighted by atomic mass is 10.0. The van der Waals surface area contributed by atoms with Gasteiger partial charge in [0.25, 0.3) is 0 Å². The maximum absolute atomic E-state index is 9.03. The summed E-state index contributed by atoms with van der Waals surface area (Å²) in [6, 6.07) is 9.77. The zero-order valence-electron chi connectivity index (χ0n) is 27.2. The Morgan fingerprint density at radius 3 is 1.65 bits per heavy atom. The van der Waals surface area contributed by atoms with Crippen LogP contribution in [0.15, 0.2) is 24.3 Å². The molecule has 0 bridgehead atoms. The molecule has 0 aliphatic carbocycles. The van der Waals surface area contributed by atoms with E-state index < -0.39 is 8.32 Å². The van der Waals surface area contributed by atoms with E-state index in [2.05, 4.69) is 46.9 Å². The average Bonchev–Trinajstić information content (AvgIpc) is 2.93. The largest absolute Gasteiger partial charge is 0.414 e. The minimum Gasteiger partial charge on any atom is -0.414 e. The molecule has 1 atom stereocenters. The standard InChI is InChI=1S/C35H63NO3Si/c1-7-8-9-10-11-12-13-14-15-16-17-18-19-20-21-22-27-37-30-34(31-39-40(5,6)35(2,3)4)38-29-33-25-23-32(28-36)24-26-33/h23-26,34H,7-22,27,29-31H2,1-6H3/t34-/m1/s1. The first-order chi connectivity index (χ1) is 19.2. The van der Waals surface area contributed by atoms with Gasteiger partial charge in [-0.3, -0.25) is 0 Å². The number of nitrogens with zero attached hydrogens (tertiary/aromatic N) is 1. The number of nitriles is 1. The second-order valence-electron chi connectivity index (χ2n) is 13.2. The number of rotatable bonds is 25. The summed E-state index contributed by atoms with van der Waals surface area (Å²) in [5.74, 6) is 0. The molecular formula is C35H63NO3Si. The number of hydrogen-bond acceptors (Lipinski definition) is 4. The number of benzene rings is 1. The summed E-state index contributed by atoms with van der Waals surface area (Å²) in [7, 11) is -1.85. The number of unbranched alkanes of at least 4 members (excludes halogenated alkanes) is 15. The van der Waals surface area contributed by atoms with E-state index in [1.807, 2.05) is 24.3 Å². The van der Waals surface area contributed by atoms with Crippen LogP contribution in [0, 0.1) is 11.3 Å². The zero-order valence-corrected chi connectivity index (χ0v) is 28.2. The maximum atomic E-state index is 9.03. The molecule has 0 aliphatic rings. The maximum Gasteiger partial charge on any atom is 0.192 e. The van der Waals surface area contributed by atoms with Gasteiger partial charge in [-0.05, 0) is 42.2 Å². The molecule has 230 valence electrons. The van der Waals surface area contributed by atoms with Crippen molar-refractivity contribution in [1.82, 2.24) is 0 Å². The summed E-state index contributed by atoms with van der Waals surface area (Å²) in [5, 5.41) is 9.19. The first-order valence-corrected chi connectivity index (χ1v) is 19.4. The van der Waals surface area contributed by atoms with Gasteiger partial charge >= 0.3 is 0 Å². The molecule has 1 aromatic rings. The SMILES string of the molecule is CCCCCCCCCCCCCCCCCCOC[C@H](CO[Si](C)(C)C(C)(C)C)OCc1ccc(C#N)cc1. The van der Waals surface area contributed by atoms with Crippen molar-refractivity contribution >= 4 is 8.32 Å². The van der Waals surface area contributed by atoms with E-state index in [4.69, 9.17) is 19.2 Å². The molecule has 0 heterocycles. The van der Waals surface area contributed by atoms with E-state index in [1.165, 1.54) is 96.3 Å². The lowest BCUT2D eigenvalue weighted by Crippen LogP contribution is -2.43. The molecule has 0 spiro atoms. The molecule has 0 aliphatic heterocycles. The van der Waals surface area contributed by atoms with Crippen LogP contribution in [0.2, 0.25) is 18.1 Å². The van der Waals surface area contributed by atoms with Crippen LogP contribution in [0.5, 0.6) is 0 Å². The van der Waals surface area contributed by atoms with Gasteiger partial charge in [-0.2, -0.15) is 5.26 Å². The molecule has 0 aromatic heterocycles. The van der Waals surface area contributed by atoms with Crippen LogP contribution in [-0.2, 0) is 20.5 Å². The van der Waals surface area contributed by atoms with Crippen molar-refractivity contribution in [2.24, 2.45) is 0 Å². The molecule has 40 heavy (non-hydrogen) atoms. The third kappa shape index (κ3) is 18.3. The van der Waals surface area contributed by atoms with Crippen molar-refractivity contribution < 1.29 is 13.9 Å². The lowest BCUT2D eigenvalue weighted by Gasteiger charge is -2.37. The van der Waals surface area contributed by atoms with Gasteiger partial charge in [-0.1, -0.05) is 136 Å². The fraction of sp³-hybridized carbons (Fsp3) is 0.800. The Hall–Kier alpha value is -1.19. The van der Waals surface area contributed by atoms with Crippen molar-refractivity contribution in [2.45, 2.75) is 161 Å². The van der Waals surface area contributed by atoms with Gasteiger partial charge in [0.1, 0.15) is 6.10 Å². The van der Waals surface area contributed by atoms with Crippen molar-refractivity contribution in [3.05, 3.63) is 35.4 Å². The van der Waals surface area contributed by atoms with Crippen LogP contribution in [0.3, 0.4) is 0 Å². The molecule has 0 radical (unpaired) electrons. The Morgan fingerprint density at radius 1 is 0.725 bits per heavy atom. The third-order valence-corrected chi connectivity index (χ3v) is 13.0. The van der Waals surface area contributed by atoms with Crippen molar-refractivity contribution in [3.8, 4) is 6.07 Å². The summed E-state index contributed by atoms with van der Waals surface area (Å²) < 4.78 is 18.7. The molecule has 5 heteroatoms. The summed E-state index contributed by atoms with van der Waals surface area (Å²) in [5.41, 5.74) is 1.73. The molecule has 4 nitrogen and oxygen atoms in total. The third-order valence-electron chi connectivity index (χ3n) is 8.45. The first-order valence-electron chi connectivity index (χ1n) is 16.5. The Balaban J connectivity index is 2.16. The lowest BCUT2D eigenvalue weighted by molar-refractivity contribution is -0.0476. The Kier molecular flexibility index (Phi) is 20.6. The van der Waals surface area contributed by atoms with Crippen LogP contribution < -0.4 is 0 Å². The van der Waals surface area contributed by atoms with Crippen LogP contribution in [0.1, 0.15) is 142 Å². The second kappa shape index (κ2) is 22.4. The van der Waals surface area contributed by atoms with Crippen molar-refractivity contribution in [3.63, 3.8) is 0 Å². The van der Waals surface area contributed by atoms with Gasteiger partial charge < -0.3 is 13.9 Å². The molecule has 0 saturated carbocycles. The molecule has 0 unspecified atom stereocenters. The smallest absolute Gasteiger partial charge is 0.192 e. The monoisotopic (exact) mass is 573 g/mol. The van der Waals surface area contributed by atoms with E-state index >= 15 is 0 Å². The van der Waals surface area contributed by atoms with Gasteiger partial charge in [0.05, 0.1) is 31.5 Å². The topological polar surface area (TPSA) is 51.5 Å². The zero-order chi connectivity index (χ0) is 29.5. The van der Waals surface area contributed by atoms with Crippen LogP contribution in [0.4, 0.5) is 0 Å². The van der Waals surface area contributed by atoms with Gasteiger partial charge in [0.15, 0.2) is 8.32 Å². The Bertz CT molecular complexity index is 766. The van der Waals surface area contributed by atoms with E-state index in [0.29, 0.717) is 25.4 Å². The van der Waals surface area contributed by atoms with Gasteiger partial charge in [-0.25, -0.2) is 0 Å². The second-order valence-corrected chi connectivity index (χ2v) is 18.0. The number of hydrogen-bond donors (Lipinski definition) is 0. The quantitative estimate of drug-likeness (QED) is 0.0862. The highest BCUT2D eigenvalue weighted by Gasteiger charge is 2.37. The van der Waals surface area contributed by atoms with E-state index in [-0.39, 0.29) is 11.1 Å². The Morgan fingerprint density at radius 2 is 1.20 bits per heavy atom. The van der Waals surface area contributed by atoms with Crippen molar-refractivity contribution in [1.29, 1.82) is 5.26 Å². The minimum absolute atomic E-state index is 0.0918. The van der Waals surface area contributed by atoms with Crippen LogP contribution >= 0.6 is 0 Å². The summed E-state index contributed by atoms with van der Waals surface area (Å²) >= 11 is 0. The number of ether oxygens (including phenoxy) is 2. The Labute approximate surface area is 249 Å². The van der Waals surface area contributed by atoms with Gasteiger partial charge in [-0.15, -0.1) is 0 Å². The summed E-state index contributed by atoms with van der Waals surface area (Å²) in [6.07, 6.45) is 22.0. The first kappa shape index (κ1) is 36.8. The predicted molar refractivity (Wildman–Crippen MR) is 173 cm³/mol. The summed E-state index contributed by atoms with van der Waals surface area (Å²) in [4.78, 5) is 0. The molecule has 0 N–H and O–H groups in total. The van der Waals surface area contributed by atoms with E-state index in [0.717, 1.165) is 18.6 Å². The molecule has 1 aromatic carbocycles. The molecule has 0 fully saturated rings. The highest BCUT2D eigenvalue weighted by atomic mass is 28.4. The van der Waals surface area contributed by atoms with E-state index in [1.54, 1.807) is 0 Å². The van der Waals surface area contributed by atoms with Gasteiger partial charge in [0, 0.05) is 6.61 Å². The molecule has 1 rings (SSSR count). The van der Waals surface area contributed by atoms with Crippen LogP contribution in [-0.4, -0.2) is 34.2 Å². The van der Waals surface area contributed by atoms with E-state index in [9.17, 15) is 0 Å². The molecule has 0 amide bonds. The van der Waals surface area contributed by atoms with Crippen LogP contribution in [0.25, 0.3) is 0 Å². The highest BCUT2D eigenvalue weighted by Crippen LogP contribution is 2.36. The molecule has 0 saturated heterocycles. The summed E-state index contributed by atoms with van der Waals surface area (Å²) in [6.45, 7) is 16.0. The minimum atomic E-state index is -1.85. The fourth-order valence-corrected chi connectivity index (χ4v) is 5.55. The van der Waals surface area contributed by atoms with Gasteiger partial charge in [0.2, 0.25) is 0 Å².